The van der Waals surface area contributed by atoms with Gasteiger partial charge in [-0.05, 0) is 6.07 Å². The van der Waals surface area contributed by atoms with Crippen LogP contribution in [0.1, 0.15) is 5.56 Å². The molecule has 2 aromatic carbocycles. The molecular weight excluding hydrogens is 214 g/mol. The Kier molecular flexibility index (Phi) is 3.10. The third-order valence-electron chi connectivity index (χ3n) is 2.41. The molecule has 0 saturated heterocycles. The highest BCUT2D eigenvalue weighted by Crippen LogP contribution is 2.34. The van der Waals surface area contributed by atoms with Gasteiger partial charge in [0.25, 0.3) is 5.69 Å². The van der Waals surface area contributed by atoms with Crippen LogP contribution in [-0.2, 0) is 0 Å². The van der Waals surface area contributed by atoms with Crippen LogP contribution in [0.2, 0.25) is 0 Å². The minimum atomic E-state index is -0.172. The molecule has 17 heavy (non-hydrogen) atoms. The van der Waals surface area contributed by atoms with E-state index < -0.39 is 0 Å². The van der Waals surface area contributed by atoms with Crippen LogP contribution in [0.4, 0.5) is 5.69 Å². The highest BCUT2D eigenvalue weighted by molar-refractivity contribution is 5.55. The number of aromatic hydroxyl groups is 2. The van der Waals surface area contributed by atoms with Gasteiger partial charge in [-0.3, -0.25) is 0 Å². The summed E-state index contributed by atoms with van der Waals surface area (Å²) < 4.78 is 1.52. The lowest BCUT2D eigenvalue weighted by atomic mass is 10.2. The minimum absolute atomic E-state index is 0.155. The molecule has 3 nitrogen and oxygen atoms in total. The zero-order valence-corrected chi connectivity index (χ0v) is 9.24. The van der Waals surface area contributed by atoms with Gasteiger partial charge < -0.3 is 10.2 Å². The Morgan fingerprint density at radius 3 is 2.35 bits per heavy atom. The zero-order chi connectivity index (χ0) is 12.3. The summed E-state index contributed by atoms with van der Waals surface area (Å²) >= 11 is 0. The maximum absolute atomic E-state index is 9.69. The quantitative estimate of drug-likeness (QED) is 0.481. The molecule has 0 aliphatic carbocycles. The van der Waals surface area contributed by atoms with Crippen molar-refractivity contribution in [3.8, 4) is 11.5 Å². The van der Waals surface area contributed by atoms with Gasteiger partial charge in [-0.15, -0.1) is 0 Å². The van der Waals surface area contributed by atoms with Gasteiger partial charge in [-0.1, -0.05) is 36.4 Å². The second-order valence-corrected chi connectivity index (χ2v) is 3.65. The van der Waals surface area contributed by atoms with Crippen molar-refractivity contribution in [2.75, 3.05) is 0 Å². The van der Waals surface area contributed by atoms with Crippen LogP contribution in [0.25, 0.3) is 0 Å². The molecule has 0 fully saturated rings. The van der Waals surface area contributed by atoms with E-state index in [1.165, 1.54) is 10.6 Å². The maximum Gasteiger partial charge on any atom is 0.251 e. The SMILES string of the molecule is C=[N+]([CH]c1ccccc1)c1cccc(O)c1O. The molecule has 0 bridgehead atoms. The topological polar surface area (TPSA) is 43.5 Å². The molecule has 2 aromatic rings. The number of phenolic OH excluding ortho intramolecular Hbond substituents is 2. The predicted octanol–water partition coefficient (Wildman–Crippen LogP) is 2.65. The molecule has 0 aliphatic rings. The van der Waals surface area contributed by atoms with E-state index in [0.29, 0.717) is 5.69 Å². The number of hydrogen-bond acceptors (Lipinski definition) is 2. The van der Waals surface area contributed by atoms with E-state index in [-0.39, 0.29) is 11.5 Å². The Balaban J connectivity index is 2.24. The lowest BCUT2D eigenvalue weighted by Crippen LogP contribution is -1.99. The van der Waals surface area contributed by atoms with Gasteiger partial charge in [-0.2, -0.15) is 4.58 Å². The Bertz CT molecular complexity index is 535. The number of para-hydroxylation sites is 1. The fourth-order valence-electron chi connectivity index (χ4n) is 1.54. The fourth-order valence-corrected chi connectivity index (χ4v) is 1.54. The van der Waals surface area contributed by atoms with Crippen LogP contribution >= 0.6 is 0 Å². The summed E-state index contributed by atoms with van der Waals surface area (Å²) in [5.74, 6) is -0.327. The standard InChI is InChI=1S/C14H13NO2/c1-15(10-11-6-3-2-4-7-11)12-8-5-9-13(16)14(12)17/h2-10,16-17H,1H2/q+1. The highest BCUT2D eigenvalue weighted by atomic mass is 16.3. The first-order valence-corrected chi connectivity index (χ1v) is 5.19. The number of phenols is 2. The van der Waals surface area contributed by atoms with Crippen LogP contribution in [0.15, 0.2) is 48.5 Å². The molecule has 0 aliphatic heterocycles. The average Bonchev–Trinajstić information content (AvgIpc) is 2.34. The Morgan fingerprint density at radius 2 is 1.65 bits per heavy atom. The summed E-state index contributed by atoms with van der Waals surface area (Å²) in [6.45, 7) is 5.58. The minimum Gasteiger partial charge on any atom is -0.504 e. The van der Waals surface area contributed by atoms with Gasteiger partial charge in [0.2, 0.25) is 12.3 Å². The first kappa shape index (κ1) is 11.2. The number of rotatable bonds is 3. The smallest absolute Gasteiger partial charge is 0.251 e. The van der Waals surface area contributed by atoms with Crippen molar-refractivity contribution in [3.05, 3.63) is 60.6 Å². The van der Waals surface area contributed by atoms with E-state index in [0.717, 1.165) is 5.56 Å². The second-order valence-electron chi connectivity index (χ2n) is 3.65. The first-order chi connectivity index (χ1) is 8.18. The first-order valence-electron chi connectivity index (χ1n) is 5.19. The van der Waals surface area contributed by atoms with Crippen LogP contribution in [0.3, 0.4) is 0 Å². The summed E-state index contributed by atoms with van der Waals surface area (Å²) in [5.41, 5.74) is 1.42. The van der Waals surface area contributed by atoms with E-state index in [4.69, 9.17) is 0 Å². The van der Waals surface area contributed by atoms with Crippen molar-refractivity contribution in [2.24, 2.45) is 0 Å². The van der Waals surface area contributed by atoms with Gasteiger partial charge in [-0.25, -0.2) is 0 Å². The normalized spacial score (nSPS) is 10.1. The predicted molar refractivity (Wildman–Crippen MR) is 66.7 cm³/mol. The van der Waals surface area contributed by atoms with Crippen molar-refractivity contribution in [1.82, 2.24) is 0 Å². The molecule has 0 saturated carbocycles. The Labute approximate surface area is 99.9 Å². The van der Waals surface area contributed by atoms with Gasteiger partial charge in [0, 0.05) is 11.6 Å². The fraction of sp³-hybridized carbons (Fsp3) is 0. The molecular formula is C14H13NO2+. The van der Waals surface area contributed by atoms with E-state index in [1.807, 2.05) is 30.3 Å². The lowest BCUT2D eigenvalue weighted by molar-refractivity contribution is -0.379. The molecule has 2 rings (SSSR count). The van der Waals surface area contributed by atoms with Gasteiger partial charge in [0.1, 0.15) is 6.72 Å². The average molecular weight is 227 g/mol. The number of hydrogen-bond donors (Lipinski definition) is 2. The van der Waals surface area contributed by atoms with Crippen LogP contribution in [0, 0.1) is 6.54 Å². The largest absolute Gasteiger partial charge is 0.504 e. The van der Waals surface area contributed by atoms with E-state index in [2.05, 4.69) is 6.72 Å². The molecule has 0 amide bonds. The van der Waals surface area contributed by atoms with Crippen molar-refractivity contribution in [1.29, 1.82) is 0 Å². The molecule has 0 atom stereocenters. The molecule has 0 spiro atoms. The molecule has 1 radical (unpaired) electrons. The molecule has 3 heteroatoms. The highest BCUT2D eigenvalue weighted by Gasteiger charge is 2.16. The summed E-state index contributed by atoms with van der Waals surface area (Å²) in [5, 5.41) is 19.1. The summed E-state index contributed by atoms with van der Waals surface area (Å²) in [6.07, 6.45) is 0. The second kappa shape index (κ2) is 4.70. The Hall–Kier alpha value is -2.29. The maximum atomic E-state index is 9.69. The van der Waals surface area contributed by atoms with Crippen molar-refractivity contribution >= 4 is 12.4 Å². The molecule has 0 aromatic heterocycles. The third-order valence-corrected chi connectivity index (χ3v) is 2.41. The van der Waals surface area contributed by atoms with Gasteiger partial charge >= 0.3 is 0 Å². The summed E-state index contributed by atoms with van der Waals surface area (Å²) in [7, 11) is 0. The van der Waals surface area contributed by atoms with Crippen molar-refractivity contribution in [2.45, 2.75) is 0 Å². The van der Waals surface area contributed by atoms with Gasteiger partial charge in [0.05, 0.1) is 0 Å². The molecule has 85 valence electrons. The van der Waals surface area contributed by atoms with Crippen molar-refractivity contribution in [3.63, 3.8) is 0 Å². The lowest BCUT2D eigenvalue weighted by Gasteiger charge is -2.03. The van der Waals surface area contributed by atoms with Crippen LogP contribution < -0.4 is 0 Å². The zero-order valence-electron chi connectivity index (χ0n) is 9.24. The van der Waals surface area contributed by atoms with Gasteiger partial charge in [0.15, 0.2) is 5.75 Å². The van der Waals surface area contributed by atoms with Crippen molar-refractivity contribution < 1.29 is 14.8 Å². The van der Waals surface area contributed by atoms with Crippen LogP contribution in [-0.4, -0.2) is 21.5 Å². The summed E-state index contributed by atoms with van der Waals surface area (Å²) in [4.78, 5) is 0. The number of benzene rings is 2. The third kappa shape index (κ3) is 2.45. The molecule has 2 N–H and O–H groups in total. The van der Waals surface area contributed by atoms with E-state index in [9.17, 15) is 10.2 Å². The number of nitrogens with zero attached hydrogens (tertiary/aromatic N) is 1. The molecule has 0 heterocycles. The Morgan fingerprint density at radius 1 is 0.941 bits per heavy atom. The summed E-state index contributed by atoms with van der Waals surface area (Å²) in [6, 6.07) is 14.4. The monoisotopic (exact) mass is 227 g/mol. The van der Waals surface area contributed by atoms with Crippen LogP contribution in [0.5, 0.6) is 11.5 Å². The van der Waals surface area contributed by atoms with E-state index >= 15 is 0 Å². The van der Waals surface area contributed by atoms with E-state index in [1.54, 1.807) is 18.7 Å². The molecule has 0 unspecified atom stereocenters.